The summed E-state index contributed by atoms with van der Waals surface area (Å²) in [5, 5.41) is 5.30. The Morgan fingerprint density at radius 1 is 1.13 bits per heavy atom. The van der Waals surface area contributed by atoms with E-state index >= 15 is 0 Å². The summed E-state index contributed by atoms with van der Waals surface area (Å²) in [6.07, 6.45) is 1.59. The molecule has 0 aliphatic carbocycles. The van der Waals surface area contributed by atoms with Crippen LogP contribution < -0.4 is 15.5 Å². The summed E-state index contributed by atoms with van der Waals surface area (Å²) in [5.74, 6) is -0.147. The van der Waals surface area contributed by atoms with Gasteiger partial charge in [0.1, 0.15) is 0 Å². The fourth-order valence-corrected chi connectivity index (χ4v) is 2.03. The van der Waals surface area contributed by atoms with Crippen LogP contribution in [-0.2, 0) is 0 Å². The number of nitrogens with one attached hydrogen (secondary N) is 2. The van der Waals surface area contributed by atoms with Crippen LogP contribution >= 0.6 is 0 Å². The van der Waals surface area contributed by atoms with Gasteiger partial charge < -0.3 is 15.5 Å². The maximum absolute atomic E-state index is 12.5. The third-order valence-corrected chi connectivity index (χ3v) is 3.22. The van der Waals surface area contributed by atoms with Gasteiger partial charge in [0.25, 0.3) is 5.91 Å². The molecule has 0 saturated carbocycles. The lowest BCUT2D eigenvalue weighted by molar-refractivity contribution is 0.0993. The second kappa shape index (κ2) is 7.79. The molecule has 0 saturated heterocycles. The molecule has 118 valence electrons. The van der Waals surface area contributed by atoms with Gasteiger partial charge in [0, 0.05) is 30.5 Å². The Morgan fingerprint density at radius 3 is 2.57 bits per heavy atom. The van der Waals surface area contributed by atoms with Crippen LogP contribution in [0.3, 0.4) is 0 Å². The van der Waals surface area contributed by atoms with E-state index in [1.165, 1.54) is 0 Å². The number of carbonyl (C=O) groups excluding carboxylic acids is 2. The lowest BCUT2D eigenvalue weighted by Crippen LogP contribution is -2.29. The van der Waals surface area contributed by atoms with Gasteiger partial charge in [-0.2, -0.15) is 0 Å². The van der Waals surface area contributed by atoms with Gasteiger partial charge in [0.2, 0.25) is 0 Å². The summed E-state index contributed by atoms with van der Waals surface area (Å²) in [4.78, 5) is 25.7. The van der Waals surface area contributed by atoms with Crippen LogP contribution in [0.15, 0.2) is 67.3 Å². The molecule has 0 radical (unpaired) electrons. The van der Waals surface area contributed by atoms with Crippen LogP contribution in [-0.4, -0.2) is 25.5 Å². The molecule has 5 heteroatoms. The predicted octanol–water partition coefficient (Wildman–Crippen LogP) is 3.27. The minimum absolute atomic E-state index is 0.147. The second-order valence-electron chi connectivity index (χ2n) is 4.90. The molecule has 3 amide bonds. The first kappa shape index (κ1) is 16.3. The summed E-state index contributed by atoms with van der Waals surface area (Å²) in [5.41, 5.74) is 1.86. The molecule has 0 unspecified atom stereocenters. The Kier molecular flexibility index (Phi) is 5.52. The van der Waals surface area contributed by atoms with Gasteiger partial charge in [-0.25, -0.2) is 4.79 Å². The molecular weight excluding hydrogens is 290 g/mol. The summed E-state index contributed by atoms with van der Waals surface area (Å²) < 4.78 is 0. The topological polar surface area (TPSA) is 61.4 Å². The molecule has 0 spiro atoms. The summed E-state index contributed by atoms with van der Waals surface area (Å²) >= 11 is 0. The van der Waals surface area contributed by atoms with E-state index in [4.69, 9.17) is 0 Å². The Labute approximate surface area is 135 Å². The second-order valence-corrected chi connectivity index (χ2v) is 4.90. The number of hydrogen-bond donors (Lipinski definition) is 2. The van der Waals surface area contributed by atoms with Gasteiger partial charge in [-0.1, -0.05) is 30.3 Å². The molecule has 0 aliphatic rings. The summed E-state index contributed by atoms with van der Waals surface area (Å²) in [6.45, 7) is 3.91. The fraction of sp³-hybridized carbons (Fsp3) is 0.111. The average molecular weight is 309 g/mol. The first-order valence-corrected chi connectivity index (χ1v) is 7.20. The zero-order chi connectivity index (χ0) is 16.7. The maximum Gasteiger partial charge on any atom is 0.319 e. The van der Waals surface area contributed by atoms with E-state index < -0.39 is 0 Å². The van der Waals surface area contributed by atoms with Gasteiger partial charge in [-0.3, -0.25) is 4.79 Å². The fourth-order valence-electron chi connectivity index (χ4n) is 2.03. The van der Waals surface area contributed by atoms with E-state index in [1.807, 2.05) is 30.3 Å². The number of hydrogen-bond acceptors (Lipinski definition) is 2. The van der Waals surface area contributed by atoms with Crippen molar-refractivity contribution in [3.05, 3.63) is 72.8 Å². The standard InChI is InChI=1S/C18H19N3O2/c1-3-12-19-18(23)20-15-9-7-8-14(13-15)17(22)21(2)16-10-5-4-6-11-16/h3-11,13H,1,12H2,2H3,(H2,19,20,23). The van der Waals surface area contributed by atoms with Gasteiger partial charge in [-0.05, 0) is 30.3 Å². The number of urea groups is 1. The predicted molar refractivity (Wildman–Crippen MR) is 92.8 cm³/mol. The van der Waals surface area contributed by atoms with Gasteiger partial charge in [-0.15, -0.1) is 6.58 Å². The molecule has 0 aromatic heterocycles. The highest BCUT2D eigenvalue weighted by Gasteiger charge is 2.14. The van der Waals surface area contributed by atoms with Crippen molar-refractivity contribution >= 4 is 23.3 Å². The molecular formula is C18H19N3O2. The van der Waals surface area contributed by atoms with E-state index in [-0.39, 0.29) is 11.9 Å². The molecule has 2 rings (SSSR count). The SMILES string of the molecule is C=CCNC(=O)Nc1cccc(C(=O)N(C)c2ccccc2)c1. The normalized spacial score (nSPS) is 9.78. The monoisotopic (exact) mass is 309 g/mol. The molecule has 0 fully saturated rings. The Balaban J connectivity index is 2.11. The van der Waals surface area contributed by atoms with Crippen LogP contribution in [0.5, 0.6) is 0 Å². The smallest absolute Gasteiger partial charge is 0.319 e. The maximum atomic E-state index is 12.5. The third-order valence-electron chi connectivity index (χ3n) is 3.22. The van der Waals surface area contributed by atoms with Gasteiger partial charge >= 0.3 is 6.03 Å². The zero-order valence-electron chi connectivity index (χ0n) is 13.0. The summed E-state index contributed by atoms with van der Waals surface area (Å²) in [7, 11) is 1.72. The zero-order valence-corrected chi connectivity index (χ0v) is 13.0. The molecule has 5 nitrogen and oxygen atoms in total. The molecule has 2 N–H and O–H groups in total. The third kappa shape index (κ3) is 4.44. The van der Waals surface area contributed by atoms with Gasteiger partial charge in [0.15, 0.2) is 0 Å². The van der Waals surface area contributed by atoms with Crippen molar-refractivity contribution in [1.82, 2.24) is 5.32 Å². The van der Waals surface area contributed by atoms with Crippen LogP contribution in [0.25, 0.3) is 0 Å². The van der Waals surface area contributed by atoms with Crippen molar-refractivity contribution in [2.24, 2.45) is 0 Å². The molecule has 23 heavy (non-hydrogen) atoms. The number of benzene rings is 2. The van der Waals surface area contributed by atoms with Crippen molar-refractivity contribution in [3.63, 3.8) is 0 Å². The molecule has 2 aromatic carbocycles. The number of rotatable bonds is 5. The first-order chi connectivity index (χ1) is 11.1. The van der Waals surface area contributed by atoms with Crippen LogP contribution in [0, 0.1) is 0 Å². The minimum atomic E-state index is -0.342. The number of amides is 3. The molecule has 0 bridgehead atoms. The number of nitrogens with zero attached hydrogens (tertiary/aromatic N) is 1. The minimum Gasteiger partial charge on any atom is -0.334 e. The van der Waals surface area contributed by atoms with Crippen LogP contribution in [0.1, 0.15) is 10.4 Å². The Bertz CT molecular complexity index is 698. The van der Waals surface area contributed by atoms with Gasteiger partial charge in [0.05, 0.1) is 0 Å². The van der Waals surface area contributed by atoms with Crippen molar-refractivity contribution in [3.8, 4) is 0 Å². The van der Waals surface area contributed by atoms with E-state index in [0.717, 1.165) is 5.69 Å². The average Bonchev–Trinajstić information content (AvgIpc) is 2.59. The molecule has 2 aromatic rings. The largest absolute Gasteiger partial charge is 0.334 e. The quantitative estimate of drug-likeness (QED) is 0.833. The van der Waals surface area contributed by atoms with Crippen molar-refractivity contribution in [2.75, 3.05) is 23.8 Å². The molecule has 0 heterocycles. The number of carbonyl (C=O) groups is 2. The number of para-hydroxylation sites is 1. The van der Waals surface area contributed by atoms with Crippen molar-refractivity contribution in [2.45, 2.75) is 0 Å². The summed E-state index contributed by atoms with van der Waals surface area (Å²) in [6, 6.07) is 15.9. The lowest BCUT2D eigenvalue weighted by Gasteiger charge is -2.17. The highest BCUT2D eigenvalue weighted by Crippen LogP contribution is 2.17. The van der Waals surface area contributed by atoms with Crippen molar-refractivity contribution in [1.29, 1.82) is 0 Å². The Hall–Kier alpha value is -3.08. The number of anilines is 2. The highest BCUT2D eigenvalue weighted by atomic mass is 16.2. The molecule has 0 atom stereocenters. The van der Waals surface area contributed by atoms with Crippen LogP contribution in [0.2, 0.25) is 0 Å². The van der Waals surface area contributed by atoms with E-state index in [9.17, 15) is 9.59 Å². The Morgan fingerprint density at radius 2 is 1.87 bits per heavy atom. The molecule has 0 aliphatic heterocycles. The van der Waals surface area contributed by atoms with Crippen molar-refractivity contribution < 1.29 is 9.59 Å². The van der Waals surface area contributed by atoms with Crippen LogP contribution in [0.4, 0.5) is 16.2 Å². The highest BCUT2D eigenvalue weighted by molar-refractivity contribution is 6.06. The first-order valence-electron chi connectivity index (χ1n) is 7.20. The van der Waals surface area contributed by atoms with E-state index in [1.54, 1.807) is 42.3 Å². The lowest BCUT2D eigenvalue weighted by atomic mass is 10.1. The van der Waals surface area contributed by atoms with E-state index in [0.29, 0.717) is 17.8 Å². The van der Waals surface area contributed by atoms with E-state index in [2.05, 4.69) is 17.2 Å².